The second-order valence-electron chi connectivity index (χ2n) is 4.13. The van der Waals surface area contributed by atoms with Crippen molar-refractivity contribution in [1.29, 1.82) is 0 Å². The second-order valence-corrected chi connectivity index (χ2v) is 4.99. The van der Waals surface area contributed by atoms with Gasteiger partial charge in [0.2, 0.25) is 5.91 Å². The van der Waals surface area contributed by atoms with Crippen molar-refractivity contribution in [2.75, 3.05) is 32.6 Å². The van der Waals surface area contributed by atoms with Gasteiger partial charge in [0.15, 0.2) is 0 Å². The van der Waals surface area contributed by atoms with E-state index in [1.54, 1.807) is 0 Å². The molecule has 0 aliphatic rings. The molecule has 0 fully saturated rings. The van der Waals surface area contributed by atoms with Crippen LogP contribution >= 0.6 is 11.8 Å². The molecule has 0 unspecified atom stereocenters. The molecule has 4 heteroatoms. The summed E-state index contributed by atoms with van der Waals surface area (Å²) in [5.74, 6) is 0.620. The van der Waals surface area contributed by atoms with E-state index in [9.17, 15) is 4.79 Å². The number of likely N-dealkylation sites (N-methyl/N-ethyl adjacent to an activating group) is 1. The maximum absolute atomic E-state index is 11.5. The van der Waals surface area contributed by atoms with Crippen molar-refractivity contribution in [2.45, 2.75) is 6.04 Å². The van der Waals surface area contributed by atoms with Gasteiger partial charge in [0.25, 0.3) is 0 Å². The molecule has 1 atom stereocenters. The SMILES string of the molecule is CSCC(=O)NC[C@@H](c1ccccc1)N(C)C. The average Bonchev–Trinajstić information content (AvgIpc) is 2.30. The number of thioether (sulfide) groups is 1. The predicted octanol–water partition coefficient (Wildman–Crippen LogP) is 1.77. The first-order chi connectivity index (χ1) is 8.15. The van der Waals surface area contributed by atoms with E-state index in [2.05, 4.69) is 22.3 Å². The van der Waals surface area contributed by atoms with Gasteiger partial charge in [-0.15, -0.1) is 0 Å². The Bertz CT molecular complexity index is 341. The summed E-state index contributed by atoms with van der Waals surface area (Å²) in [5.41, 5.74) is 1.22. The summed E-state index contributed by atoms with van der Waals surface area (Å²) in [7, 11) is 4.05. The van der Waals surface area contributed by atoms with Crippen LogP contribution in [0.3, 0.4) is 0 Å². The Morgan fingerprint density at radius 1 is 1.35 bits per heavy atom. The lowest BCUT2D eigenvalue weighted by Crippen LogP contribution is -2.35. The molecule has 0 heterocycles. The summed E-state index contributed by atoms with van der Waals surface area (Å²) >= 11 is 1.54. The van der Waals surface area contributed by atoms with E-state index in [1.165, 1.54) is 17.3 Å². The summed E-state index contributed by atoms with van der Waals surface area (Å²) < 4.78 is 0. The van der Waals surface area contributed by atoms with Crippen molar-refractivity contribution in [3.63, 3.8) is 0 Å². The first-order valence-corrected chi connectivity index (χ1v) is 7.01. The Morgan fingerprint density at radius 2 is 2.00 bits per heavy atom. The highest BCUT2D eigenvalue weighted by atomic mass is 32.2. The molecule has 0 radical (unpaired) electrons. The van der Waals surface area contributed by atoms with E-state index < -0.39 is 0 Å². The molecule has 1 N–H and O–H groups in total. The number of hydrogen-bond acceptors (Lipinski definition) is 3. The standard InChI is InChI=1S/C13H20N2OS/c1-15(2)12(9-14-13(16)10-17-3)11-7-5-4-6-8-11/h4-8,12H,9-10H2,1-3H3,(H,14,16)/t12-/m0/s1. The first-order valence-electron chi connectivity index (χ1n) is 5.62. The molecular formula is C13H20N2OS. The smallest absolute Gasteiger partial charge is 0.230 e. The van der Waals surface area contributed by atoms with Crippen LogP contribution in [0.5, 0.6) is 0 Å². The van der Waals surface area contributed by atoms with E-state index in [0.717, 1.165) is 0 Å². The topological polar surface area (TPSA) is 32.3 Å². The molecule has 1 amide bonds. The van der Waals surface area contributed by atoms with Crippen LogP contribution in [0.2, 0.25) is 0 Å². The van der Waals surface area contributed by atoms with Crippen molar-refractivity contribution < 1.29 is 4.79 Å². The van der Waals surface area contributed by atoms with Gasteiger partial charge in [-0.1, -0.05) is 30.3 Å². The molecule has 0 spiro atoms. The van der Waals surface area contributed by atoms with Crippen molar-refractivity contribution in [3.05, 3.63) is 35.9 Å². The first kappa shape index (κ1) is 14.1. The Balaban J connectivity index is 2.59. The van der Waals surface area contributed by atoms with Crippen LogP contribution in [0.1, 0.15) is 11.6 Å². The number of rotatable bonds is 6. The number of benzene rings is 1. The van der Waals surface area contributed by atoms with E-state index in [0.29, 0.717) is 12.3 Å². The zero-order valence-electron chi connectivity index (χ0n) is 10.6. The van der Waals surface area contributed by atoms with Gasteiger partial charge in [-0.05, 0) is 25.9 Å². The number of nitrogens with zero attached hydrogens (tertiary/aromatic N) is 1. The van der Waals surface area contributed by atoms with Gasteiger partial charge in [-0.25, -0.2) is 0 Å². The van der Waals surface area contributed by atoms with Gasteiger partial charge >= 0.3 is 0 Å². The average molecular weight is 252 g/mol. The van der Waals surface area contributed by atoms with Gasteiger partial charge in [-0.2, -0.15) is 11.8 Å². The van der Waals surface area contributed by atoms with Crippen molar-refractivity contribution in [3.8, 4) is 0 Å². The molecule has 0 bridgehead atoms. The zero-order valence-corrected chi connectivity index (χ0v) is 11.5. The quantitative estimate of drug-likeness (QED) is 0.837. The molecule has 3 nitrogen and oxygen atoms in total. The maximum atomic E-state index is 11.5. The summed E-state index contributed by atoms with van der Waals surface area (Å²) in [5, 5.41) is 2.96. The Morgan fingerprint density at radius 3 is 2.53 bits per heavy atom. The van der Waals surface area contributed by atoms with Crippen LogP contribution in [0.4, 0.5) is 0 Å². The predicted molar refractivity (Wildman–Crippen MR) is 74.3 cm³/mol. The van der Waals surface area contributed by atoms with E-state index in [1.807, 2.05) is 38.6 Å². The summed E-state index contributed by atoms with van der Waals surface area (Å²) in [6.07, 6.45) is 1.93. The molecule has 0 saturated heterocycles. The lowest BCUT2D eigenvalue weighted by Gasteiger charge is -2.25. The fraction of sp³-hybridized carbons (Fsp3) is 0.462. The third kappa shape index (κ3) is 4.79. The minimum Gasteiger partial charge on any atom is -0.353 e. The highest BCUT2D eigenvalue weighted by Gasteiger charge is 2.14. The Labute approximate surface area is 108 Å². The van der Waals surface area contributed by atoms with Crippen LogP contribution in [-0.2, 0) is 4.79 Å². The summed E-state index contributed by atoms with van der Waals surface area (Å²) in [6.45, 7) is 0.649. The molecule has 1 aromatic rings. The van der Waals surface area contributed by atoms with Crippen LogP contribution in [0.15, 0.2) is 30.3 Å². The van der Waals surface area contributed by atoms with Crippen molar-refractivity contribution in [1.82, 2.24) is 10.2 Å². The fourth-order valence-electron chi connectivity index (χ4n) is 1.67. The number of hydrogen-bond donors (Lipinski definition) is 1. The number of carbonyl (C=O) groups excluding carboxylic acids is 1. The molecule has 17 heavy (non-hydrogen) atoms. The lowest BCUT2D eigenvalue weighted by atomic mass is 10.1. The highest BCUT2D eigenvalue weighted by Crippen LogP contribution is 2.16. The van der Waals surface area contributed by atoms with Gasteiger partial charge < -0.3 is 10.2 Å². The van der Waals surface area contributed by atoms with E-state index >= 15 is 0 Å². The monoisotopic (exact) mass is 252 g/mol. The van der Waals surface area contributed by atoms with Crippen molar-refractivity contribution in [2.24, 2.45) is 0 Å². The molecule has 1 rings (SSSR count). The molecule has 1 aromatic carbocycles. The van der Waals surface area contributed by atoms with Gasteiger partial charge in [-0.3, -0.25) is 4.79 Å². The number of nitrogens with one attached hydrogen (secondary N) is 1. The van der Waals surface area contributed by atoms with Gasteiger partial charge in [0, 0.05) is 6.54 Å². The highest BCUT2D eigenvalue weighted by molar-refractivity contribution is 7.99. The maximum Gasteiger partial charge on any atom is 0.230 e. The molecule has 0 aliphatic carbocycles. The third-order valence-corrected chi connectivity index (χ3v) is 3.13. The molecule has 0 aliphatic heterocycles. The Kier molecular flexibility index (Phi) is 6.08. The molecule has 94 valence electrons. The molecular weight excluding hydrogens is 232 g/mol. The van der Waals surface area contributed by atoms with Crippen molar-refractivity contribution >= 4 is 17.7 Å². The summed E-state index contributed by atoms with van der Waals surface area (Å²) in [6, 6.07) is 10.5. The lowest BCUT2D eigenvalue weighted by molar-refractivity contribution is -0.118. The fourth-order valence-corrected chi connectivity index (χ4v) is 2.03. The van der Waals surface area contributed by atoms with Crippen LogP contribution in [0.25, 0.3) is 0 Å². The van der Waals surface area contributed by atoms with Crippen LogP contribution in [0, 0.1) is 0 Å². The van der Waals surface area contributed by atoms with Gasteiger partial charge in [0.1, 0.15) is 0 Å². The zero-order chi connectivity index (χ0) is 12.7. The second kappa shape index (κ2) is 7.35. The number of carbonyl (C=O) groups is 1. The molecule has 0 saturated carbocycles. The van der Waals surface area contributed by atoms with Crippen LogP contribution < -0.4 is 5.32 Å². The number of amides is 1. The molecule has 0 aromatic heterocycles. The largest absolute Gasteiger partial charge is 0.353 e. The van der Waals surface area contributed by atoms with E-state index in [4.69, 9.17) is 0 Å². The minimum absolute atomic E-state index is 0.0975. The normalized spacial score (nSPS) is 12.5. The minimum atomic E-state index is 0.0975. The Hall–Kier alpha value is -1.00. The van der Waals surface area contributed by atoms with E-state index in [-0.39, 0.29) is 11.9 Å². The third-order valence-electron chi connectivity index (χ3n) is 2.58. The van der Waals surface area contributed by atoms with Crippen LogP contribution in [-0.4, -0.2) is 43.5 Å². The van der Waals surface area contributed by atoms with Gasteiger partial charge in [0.05, 0.1) is 11.8 Å². The summed E-state index contributed by atoms with van der Waals surface area (Å²) in [4.78, 5) is 13.6.